The number of nitrogens with zero attached hydrogens (tertiary/aromatic N) is 1. The number of hydrogen-bond donors (Lipinski definition) is 2. The second kappa shape index (κ2) is 11.6. The molecule has 0 saturated carbocycles. The number of anilines is 1. The Morgan fingerprint density at radius 1 is 1.09 bits per heavy atom. The van der Waals surface area contributed by atoms with E-state index < -0.39 is 6.04 Å². The third kappa shape index (κ3) is 6.79. The predicted octanol–water partition coefficient (Wildman–Crippen LogP) is 4.55. The number of amides is 2. The summed E-state index contributed by atoms with van der Waals surface area (Å²) in [6.45, 7) is 5.19. The molecular weight excluding hydrogens is 422 g/mol. The molecule has 6 nitrogen and oxygen atoms in total. The zero-order valence-electron chi connectivity index (χ0n) is 18.8. The second-order valence-electron chi connectivity index (χ2n) is 8.13. The van der Waals surface area contributed by atoms with Crippen LogP contribution in [0.5, 0.6) is 5.75 Å². The number of rotatable bonds is 11. The molecule has 32 heavy (non-hydrogen) atoms. The monoisotopic (exact) mass is 453 g/mol. The van der Waals surface area contributed by atoms with Gasteiger partial charge in [0.2, 0.25) is 5.91 Å². The minimum atomic E-state index is -0.629. The van der Waals surface area contributed by atoms with E-state index >= 15 is 0 Å². The first-order valence-electron chi connectivity index (χ1n) is 10.8. The number of aromatic nitrogens is 1. The van der Waals surface area contributed by atoms with Crippen molar-refractivity contribution in [3.05, 3.63) is 60.8 Å². The maximum absolute atomic E-state index is 12.9. The third-order valence-corrected chi connectivity index (χ3v) is 5.62. The zero-order chi connectivity index (χ0) is 22.9. The molecule has 1 aromatic heterocycles. The van der Waals surface area contributed by atoms with E-state index in [2.05, 4.69) is 41.3 Å². The highest BCUT2D eigenvalue weighted by molar-refractivity contribution is 7.98. The molecular formula is C25H31N3O3S. The highest BCUT2D eigenvalue weighted by atomic mass is 32.2. The largest absolute Gasteiger partial charge is 0.484 e. The molecule has 1 heterocycles. The van der Waals surface area contributed by atoms with Crippen molar-refractivity contribution in [1.82, 2.24) is 9.88 Å². The molecule has 0 aliphatic heterocycles. The van der Waals surface area contributed by atoms with Crippen molar-refractivity contribution >= 4 is 40.2 Å². The summed E-state index contributed by atoms with van der Waals surface area (Å²) in [5, 5.41) is 6.84. The van der Waals surface area contributed by atoms with Crippen LogP contribution in [0.2, 0.25) is 0 Å². The molecule has 3 aromatic rings. The van der Waals surface area contributed by atoms with Crippen LogP contribution < -0.4 is 15.4 Å². The second-order valence-corrected chi connectivity index (χ2v) is 9.11. The number of benzene rings is 2. The first-order chi connectivity index (χ1) is 15.5. The van der Waals surface area contributed by atoms with E-state index in [4.69, 9.17) is 4.74 Å². The molecule has 0 fully saturated rings. The van der Waals surface area contributed by atoms with Gasteiger partial charge < -0.3 is 19.9 Å². The number of carbonyl (C=O) groups is 2. The molecule has 3 rings (SSSR count). The van der Waals surface area contributed by atoms with Crippen molar-refractivity contribution in [3.8, 4) is 5.75 Å². The standard InChI is InChI=1S/C25H31N3O3S/c1-18(2)16-28-13-11-19-15-20(9-10-23(19)28)26-25(30)22(12-14-32-3)27-24(29)17-31-21-7-5-4-6-8-21/h4-11,13,15,18,22H,12,14,16-17H2,1-3H3,(H,26,30)(H,27,29). The van der Waals surface area contributed by atoms with Gasteiger partial charge in [-0.15, -0.1) is 0 Å². The Bertz CT molecular complexity index is 1030. The lowest BCUT2D eigenvalue weighted by molar-refractivity contribution is -0.127. The van der Waals surface area contributed by atoms with Crippen LogP contribution in [0.3, 0.4) is 0 Å². The van der Waals surface area contributed by atoms with Gasteiger partial charge in [-0.3, -0.25) is 9.59 Å². The molecule has 0 radical (unpaired) electrons. The summed E-state index contributed by atoms with van der Waals surface area (Å²) in [7, 11) is 0. The van der Waals surface area contributed by atoms with Gasteiger partial charge in [-0.2, -0.15) is 11.8 Å². The van der Waals surface area contributed by atoms with Gasteiger partial charge in [0.25, 0.3) is 5.91 Å². The Labute approximate surface area is 193 Å². The van der Waals surface area contributed by atoms with Crippen LogP contribution in [0.4, 0.5) is 5.69 Å². The van der Waals surface area contributed by atoms with Crippen molar-refractivity contribution in [2.75, 3.05) is 23.9 Å². The van der Waals surface area contributed by atoms with Crippen LogP contribution in [-0.2, 0) is 16.1 Å². The fraction of sp³-hybridized carbons (Fsp3) is 0.360. The van der Waals surface area contributed by atoms with Crippen molar-refractivity contribution < 1.29 is 14.3 Å². The molecule has 0 aliphatic rings. The predicted molar refractivity (Wildman–Crippen MR) is 132 cm³/mol. The lowest BCUT2D eigenvalue weighted by Crippen LogP contribution is -2.45. The lowest BCUT2D eigenvalue weighted by atomic mass is 10.1. The van der Waals surface area contributed by atoms with Crippen LogP contribution >= 0.6 is 11.8 Å². The van der Waals surface area contributed by atoms with E-state index in [0.29, 0.717) is 23.8 Å². The quantitative estimate of drug-likeness (QED) is 0.447. The lowest BCUT2D eigenvalue weighted by Gasteiger charge is -2.18. The van der Waals surface area contributed by atoms with Crippen LogP contribution in [0.15, 0.2) is 60.8 Å². The number of fused-ring (bicyclic) bond motifs is 1. The normalized spacial score (nSPS) is 12.0. The van der Waals surface area contributed by atoms with Gasteiger partial charge in [0.1, 0.15) is 11.8 Å². The van der Waals surface area contributed by atoms with Gasteiger partial charge in [0.15, 0.2) is 6.61 Å². The summed E-state index contributed by atoms with van der Waals surface area (Å²) in [5.74, 6) is 1.38. The summed E-state index contributed by atoms with van der Waals surface area (Å²) < 4.78 is 7.72. The van der Waals surface area contributed by atoms with E-state index in [1.165, 1.54) is 0 Å². The van der Waals surface area contributed by atoms with E-state index in [9.17, 15) is 9.59 Å². The van der Waals surface area contributed by atoms with Crippen molar-refractivity contribution in [2.45, 2.75) is 32.9 Å². The Kier molecular flexibility index (Phi) is 8.62. The molecule has 170 valence electrons. The topological polar surface area (TPSA) is 72.4 Å². The maximum Gasteiger partial charge on any atom is 0.258 e. The molecule has 2 amide bonds. The molecule has 7 heteroatoms. The summed E-state index contributed by atoms with van der Waals surface area (Å²) in [6, 6.07) is 16.5. The summed E-state index contributed by atoms with van der Waals surface area (Å²) in [4.78, 5) is 25.3. The SMILES string of the molecule is CSCCC(NC(=O)COc1ccccc1)C(=O)Nc1ccc2c(ccn2CC(C)C)c1. The van der Waals surface area contributed by atoms with Crippen LogP contribution in [0, 0.1) is 5.92 Å². The molecule has 2 N–H and O–H groups in total. The molecule has 0 bridgehead atoms. The smallest absolute Gasteiger partial charge is 0.258 e. The number of carbonyl (C=O) groups excluding carboxylic acids is 2. The third-order valence-electron chi connectivity index (χ3n) is 4.98. The number of para-hydroxylation sites is 1. The number of thioether (sulfide) groups is 1. The molecule has 2 aromatic carbocycles. The molecule has 1 unspecified atom stereocenters. The van der Waals surface area contributed by atoms with E-state index in [1.54, 1.807) is 23.9 Å². The first-order valence-corrected chi connectivity index (χ1v) is 12.2. The molecule has 1 atom stereocenters. The number of hydrogen-bond acceptors (Lipinski definition) is 4. The van der Waals surface area contributed by atoms with Gasteiger partial charge in [0.05, 0.1) is 0 Å². The molecule has 0 aliphatic carbocycles. The van der Waals surface area contributed by atoms with Crippen molar-refractivity contribution in [1.29, 1.82) is 0 Å². The van der Waals surface area contributed by atoms with Gasteiger partial charge >= 0.3 is 0 Å². The zero-order valence-corrected chi connectivity index (χ0v) is 19.7. The van der Waals surface area contributed by atoms with Gasteiger partial charge in [-0.25, -0.2) is 0 Å². The fourth-order valence-electron chi connectivity index (χ4n) is 3.47. The highest BCUT2D eigenvalue weighted by Crippen LogP contribution is 2.22. The van der Waals surface area contributed by atoms with Crippen LogP contribution in [0.25, 0.3) is 10.9 Å². The fourth-order valence-corrected chi connectivity index (χ4v) is 3.94. The summed E-state index contributed by atoms with van der Waals surface area (Å²) in [5.41, 5.74) is 1.86. The minimum Gasteiger partial charge on any atom is -0.484 e. The van der Waals surface area contributed by atoms with E-state index in [0.717, 1.165) is 23.2 Å². The van der Waals surface area contributed by atoms with Gasteiger partial charge in [-0.1, -0.05) is 32.0 Å². The Morgan fingerprint density at radius 3 is 2.59 bits per heavy atom. The van der Waals surface area contributed by atoms with E-state index in [-0.39, 0.29) is 18.4 Å². The van der Waals surface area contributed by atoms with Crippen molar-refractivity contribution in [2.24, 2.45) is 5.92 Å². The van der Waals surface area contributed by atoms with Gasteiger partial charge in [0, 0.05) is 29.3 Å². The summed E-state index contributed by atoms with van der Waals surface area (Å²) >= 11 is 1.64. The van der Waals surface area contributed by atoms with Crippen LogP contribution in [-0.4, -0.2) is 41.0 Å². The average molecular weight is 454 g/mol. The first kappa shape index (κ1) is 23.7. The average Bonchev–Trinajstić information content (AvgIpc) is 3.17. The highest BCUT2D eigenvalue weighted by Gasteiger charge is 2.21. The summed E-state index contributed by atoms with van der Waals surface area (Å²) in [6.07, 6.45) is 4.59. The Hall–Kier alpha value is -2.93. The van der Waals surface area contributed by atoms with Gasteiger partial charge in [-0.05, 0) is 60.7 Å². The minimum absolute atomic E-state index is 0.137. The van der Waals surface area contributed by atoms with E-state index in [1.807, 2.05) is 42.7 Å². The van der Waals surface area contributed by atoms with Crippen molar-refractivity contribution in [3.63, 3.8) is 0 Å². The maximum atomic E-state index is 12.9. The molecule has 0 spiro atoms. The Balaban J connectivity index is 1.62. The number of nitrogens with one attached hydrogen (secondary N) is 2. The van der Waals surface area contributed by atoms with Crippen LogP contribution in [0.1, 0.15) is 20.3 Å². The number of ether oxygens (including phenoxy) is 1. The molecule has 0 saturated heterocycles. The Morgan fingerprint density at radius 2 is 1.88 bits per heavy atom.